The molecule has 0 aromatic heterocycles. The number of ether oxygens (including phenoxy) is 1. The van der Waals surface area contributed by atoms with Gasteiger partial charge in [-0.15, -0.1) is 0 Å². The zero-order chi connectivity index (χ0) is 12.3. The predicted octanol–water partition coefficient (Wildman–Crippen LogP) is 2.86. The van der Waals surface area contributed by atoms with Gasteiger partial charge in [0.1, 0.15) is 5.75 Å². The van der Waals surface area contributed by atoms with Gasteiger partial charge in [0, 0.05) is 0 Å². The monoisotopic (exact) mass is 256 g/mol. The van der Waals surface area contributed by atoms with Crippen LogP contribution in [0.5, 0.6) is 5.75 Å². The molecule has 0 aliphatic carbocycles. The minimum atomic E-state index is 0.696. The Balaban J connectivity index is 1.99. The number of hydrogen-bond acceptors (Lipinski definition) is 1. The molecule has 0 fully saturated rings. The van der Waals surface area contributed by atoms with Gasteiger partial charge in [0.05, 0.1) is 24.7 Å². The highest BCUT2D eigenvalue weighted by molar-refractivity contribution is 6.32. The summed E-state index contributed by atoms with van der Waals surface area (Å²) in [7, 11) is 0. The van der Waals surface area contributed by atoms with E-state index in [0.29, 0.717) is 5.02 Å². The lowest BCUT2D eigenvalue weighted by atomic mass is 10.3. The fraction of sp³-hybridized carbons (Fsp3) is 0.571. The lowest BCUT2D eigenvalue weighted by Crippen LogP contribution is -2.84. The smallest absolute Gasteiger partial charge is 0.137 e. The van der Waals surface area contributed by atoms with E-state index >= 15 is 0 Å². The van der Waals surface area contributed by atoms with Gasteiger partial charge in [0.15, 0.2) is 0 Å². The third-order valence-electron chi connectivity index (χ3n) is 2.66. The molecule has 0 spiro atoms. The summed E-state index contributed by atoms with van der Waals surface area (Å²) >= 11 is 5.99. The van der Waals surface area contributed by atoms with Gasteiger partial charge < -0.3 is 10.1 Å². The minimum Gasteiger partial charge on any atom is -0.492 e. The van der Waals surface area contributed by atoms with Crippen LogP contribution in [0.3, 0.4) is 0 Å². The van der Waals surface area contributed by atoms with Crippen molar-refractivity contribution in [3.63, 3.8) is 0 Å². The maximum Gasteiger partial charge on any atom is 0.137 e. The molecule has 3 heteroatoms. The standard InChI is InChI=1S/C14H22ClNO/c1-2-3-10-16-11-6-7-12-17-14-9-5-4-8-13(14)15/h4-5,8-9,16H,2-3,6-7,10-12H2,1H3/p+1. The molecule has 1 aromatic rings. The molecule has 1 aromatic carbocycles. The van der Waals surface area contributed by atoms with Gasteiger partial charge in [0.25, 0.3) is 0 Å². The Hall–Kier alpha value is -0.730. The summed E-state index contributed by atoms with van der Waals surface area (Å²) in [6.45, 7) is 5.43. The van der Waals surface area contributed by atoms with Crippen LogP contribution in [0.2, 0.25) is 5.02 Å². The van der Waals surface area contributed by atoms with Crippen LogP contribution in [-0.4, -0.2) is 19.7 Å². The van der Waals surface area contributed by atoms with Crippen molar-refractivity contribution >= 4 is 11.6 Å². The first-order valence-corrected chi connectivity index (χ1v) is 6.91. The molecule has 2 nitrogen and oxygen atoms in total. The average Bonchev–Trinajstić information content (AvgIpc) is 2.35. The second-order valence-corrected chi connectivity index (χ2v) is 4.61. The van der Waals surface area contributed by atoms with Crippen molar-refractivity contribution in [1.29, 1.82) is 0 Å². The fourth-order valence-electron chi connectivity index (χ4n) is 1.63. The van der Waals surface area contributed by atoms with E-state index in [2.05, 4.69) is 12.2 Å². The molecule has 0 aliphatic rings. The van der Waals surface area contributed by atoms with E-state index in [-0.39, 0.29) is 0 Å². The van der Waals surface area contributed by atoms with Crippen molar-refractivity contribution in [2.45, 2.75) is 32.6 Å². The van der Waals surface area contributed by atoms with Gasteiger partial charge in [0.2, 0.25) is 0 Å². The number of halogens is 1. The lowest BCUT2D eigenvalue weighted by Gasteiger charge is -2.07. The van der Waals surface area contributed by atoms with E-state index in [1.54, 1.807) is 0 Å². The van der Waals surface area contributed by atoms with Gasteiger partial charge in [-0.25, -0.2) is 0 Å². The summed E-state index contributed by atoms with van der Waals surface area (Å²) in [5, 5.41) is 3.08. The zero-order valence-electron chi connectivity index (χ0n) is 10.6. The Bertz CT molecular complexity index is 304. The first-order valence-electron chi connectivity index (χ1n) is 6.53. The molecule has 0 saturated heterocycles. The molecule has 0 saturated carbocycles. The Labute approximate surface area is 109 Å². The summed E-state index contributed by atoms with van der Waals surface area (Å²) < 4.78 is 5.62. The van der Waals surface area contributed by atoms with E-state index in [4.69, 9.17) is 16.3 Å². The van der Waals surface area contributed by atoms with Crippen LogP contribution < -0.4 is 10.1 Å². The maximum atomic E-state index is 5.99. The summed E-state index contributed by atoms with van der Waals surface area (Å²) in [4.78, 5) is 0. The quantitative estimate of drug-likeness (QED) is 0.676. The van der Waals surface area contributed by atoms with Gasteiger partial charge in [-0.1, -0.05) is 37.1 Å². The molecular weight excluding hydrogens is 234 g/mol. The van der Waals surface area contributed by atoms with Crippen LogP contribution in [0, 0.1) is 0 Å². The third-order valence-corrected chi connectivity index (χ3v) is 2.97. The van der Waals surface area contributed by atoms with E-state index in [1.807, 2.05) is 24.3 Å². The largest absolute Gasteiger partial charge is 0.492 e. The molecule has 17 heavy (non-hydrogen) atoms. The second kappa shape index (κ2) is 9.32. The SMILES string of the molecule is CCCC[NH2+]CCCCOc1ccccc1Cl. The molecule has 0 aliphatic heterocycles. The van der Waals surface area contributed by atoms with Gasteiger partial charge >= 0.3 is 0 Å². The summed E-state index contributed by atoms with van der Waals surface area (Å²) in [6, 6.07) is 7.63. The molecule has 0 atom stereocenters. The normalized spacial score (nSPS) is 10.5. The molecule has 1 rings (SSSR count). The van der Waals surface area contributed by atoms with Crippen molar-refractivity contribution in [1.82, 2.24) is 0 Å². The molecule has 2 N–H and O–H groups in total. The highest BCUT2D eigenvalue weighted by Crippen LogP contribution is 2.23. The Morgan fingerprint density at radius 1 is 1.12 bits per heavy atom. The van der Waals surface area contributed by atoms with Crippen molar-refractivity contribution in [2.75, 3.05) is 19.7 Å². The minimum absolute atomic E-state index is 0.696. The van der Waals surface area contributed by atoms with Gasteiger partial charge in [-0.3, -0.25) is 0 Å². The first kappa shape index (κ1) is 14.3. The number of benzene rings is 1. The topological polar surface area (TPSA) is 25.8 Å². The Morgan fingerprint density at radius 2 is 1.88 bits per heavy atom. The van der Waals surface area contributed by atoms with Crippen LogP contribution in [0.1, 0.15) is 32.6 Å². The Kier molecular flexibility index (Phi) is 7.85. The number of para-hydroxylation sites is 1. The number of quaternary nitrogens is 1. The number of hydrogen-bond donors (Lipinski definition) is 1. The van der Waals surface area contributed by atoms with Crippen LogP contribution in [0.4, 0.5) is 0 Å². The maximum absolute atomic E-state index is 5.99. The molecule has 96 valence electrons. The molecule has 0 radical (unpaired) electrons. The van der Waals surface area contributed by atoms with Crippen LogP contribution in [0.25, 0.3) is 0 Å². The van der Waals surface area contributed by atoms with Crippen LogP contribution >= 0.6 is 11.6 Å². The van der Waals surface area contributed by atoms with Crippen molar-refractivity contribution in [2.24, 2.45) is 0 Å². The molecule has 0 heterocycles. The van der Waals surface area contributed by atoms with E-state index < -0.39 is 0 Å². The summed E-state index contributed by atoms with van der Waals surface area (Å²) in [6.07, 6.45) is 4.89. The third kappa shape index (κ3) is 6.54. The molecule has 0 amide bonds. The second-order valence-electron chi connectivity index (χ2n) is 4.21. The van der Waals surface area contributed by atoms with Crippen molar-refractivity contribution in [3.8, 4) is 5.75 Å². The lowest BCUT2D eigenvalue weighted by molar-refractivity contribution is -0.655. The van der Waals surface area contributed by atoms with Crippen molar-refractivity contribution < 1.29 is 10.1 Å². The number of unbranched alkanes of at least 4 members (excludes halogenated alkanes) is 2. The summed E-state index contributed by atoms with van der Waals surface area (Å²) in [5.74, 6) is 0.795. The summed E-state index contributed by atoms with van der Waals surface area (Å²) in [5.41, 5.74) is 0. The highest BCUT2D eigenvalue weighted by Gasteiger charge is 1.99. The van der Waals surface area contributed by atoms with E-state index in [0.717, 1.165) is 18.8 Å². The average molecular weight is 257 g/mol. The zero-order valence-corrected chi connectivity index (χ0v) is 11.4. The van der Waals surface area contributed by atoms with Crippen molar-refractivity contribution in [3.05, 3.63) is 29.3 Å². The van der Waals surface area contributed by atoms with Crippen LogP contribution in [0.15, 0.2) is 24.3 Å². The van der Waals surface area contributed by atoms with Crippen LogP contribution in [-0.2, 0) is 0 Å². The van der Waals surface area contributed by atoms with E-state index in [1.165, 1.54) is 32.4 Å². The van der Waals surface area contributed by atoms with Gasteiger partial charge in [-0.2, -0.15) is 0 Å². The predicted molar refractivity (Wildman–Crippen MR) is 72.7 cm³/mol. The molecule has 0 unspecified atom stereocenters. The highest BCUT2D eigenvalue weighted by atomic mass is 35.5. The van der Waals surface area contributed by atoms with E-state index in [9.17, 15) is 0 Å². The molecule has 0 bridgehead atoms. The number of rotatable bonds is 9. The fourth-order valence-corrected chi connectivity index (χ4v) is 1.82. The first-order chi connectivity index (χ1) is 8.34. The molecular formula is C14H23ClNO+. The van der Waals surface area contributed by atoms with Gasteiger partial charge in [-0.05, 0) is 31.4 Å². The Morgan fingerprint density at radius 3 is 2.65 bits per heavy atom. The number of nitrogens with two attached hydrogens (primary N) is 1.